The summed E-state index contributed by atoms with van der Waals surface area (Å²) < 4.78 is 35.9. The van der Waals surface area contributed by atoms with Crippen molar-refractivity contribution in [3.8, 4) is 0 Å². The van der Waals surface area contributed by atoms with Gasteiger partial charge < -0.3 is 0 Å². The van der Waals surface area contributed by atoms with Crippen LogP contribution in [0.25, 0.3) is 0 Å². The Labute approximate surface area is 75.3 Å². The molecule has 0 aliphatic carbocycles. The van der Waals surface area contributed by atoms with E-state index < -0.39 is 11.9 Å². The molecule has 12 heavy (non-hydrogen) atoms. The fourth-order valence-electron chi connectivity index (χ4n) is 0.461. The molecule has 0 spiro atoms. The van der Waals surface area contributed by atoms with Crippen LogP contribution in [0.4, 0.5) is 13.2 Å². The highest BCUT2D eigenvalue weighted by Crippen LogP contribution is 2.24. The molecule has 0 N–H and O–H groups in total. The summed E-state index contributed by atoms with van der Waals surface area (Å²) in [5.74, 6) is -1.73. The van der Waals surface area contributed by atoms with Crippen LogP contribution in [0.15, 0.2) is 27.8 Å². The molecule has 66 valence electrons. The van der Waals surface area contributed by atoms with E-state index in [0.29, 0.717) is 4.34 Å². The lowest BCUT2D eigenvalue weighted by Crippen LogP contribution is -1.80. The third-order valence-corrected chi connectivity index (χ3v) is 2.89. The molecule has 1 heterocycles. The largest absolute Gasteiger partial charge is 0.302 e. The fraction of sp³-hybridized carbons (Fsp3) is 0.167. The van der Waals surface area contributed by atoms with Crippen LogP contribution in [0, 0.1) is 0 Å². The lowest BCUT2D eigenvalue weighted by atomic mass is 10.7. The number of nitrogens with zero attached hydrogens (tertiary/aromatic N) is 1. The van der Waals surface area contributed by atoms with Crippen molar-refractivity contribution in [3.05, 3.63) is 23.5 Å². The van der Waals surface area contributed by atoms with Crippen LogP contribution in [0.2, 0.25) is 0 Å². The molecule has 0 radical (unpaired) electrons. The van der Waals surface area contributed by atoms with E-state index in [0.717, 1.165) is 11.8 Å². The number of rotatable bonds is 3. The van der Waals surface area contributed by atoms with Gasteiger partial charge in [0.1, 0.15) is 4.34 Å². The van der Waals surface area contributed by atoms with Crippen LogP contribution in [0.3, 0.4) is 0 Å². The van der Waals surface area contributed by atoms with Crippen LogP contribution >= 0.6 is 23.1 Å². The predicted octanol–water partition coefficient (Wildman–Crippen LogP) is 3.31. The average molecular weight is 211 g/mol. The van der Waals surface area contributed by atoms with Crippen LogP contribution < -0.4 is 0 Å². The second kappa shape index (κ2) is 4.51. The van der Waals surface area contributed by atoms with Crippen molar-refractivity contribution in [2.24, 2.45) is 0 Å². The molecule has 0 aliphatic heterocycles. The first-order valence-corrected chi connectivity index (χ1v) is 4.78. The number of hydrogen-bond acceptors (Lipinski definition) is 3. The summed E-state index contributed by atoms with van der Waals surface area (Å²) in [6, 6.07) is 0. The first-order valence-electron chi connectivity index (χ1n) is 2.92. The normalized spacial score (nSPS) is 9.92. The zero-order valence-electron chi connectivity index (χ0n) is 5.76. The Kier molecular flexibility index (Phi) is 3.61. The van der Waals surface area contributed by atoms with Gasteiger partial charge in [0.25, 0.3) is 0 Å². The van der Waals surface area contributed by atoms with Gasteiger partial charge in [0, 0.05) is 11.6 Å². The number of thioether (sulfide) groups is 1. The Hall–Kier alpha value is -0.490. The van der Waals surface area contributed by atoms with Gasteiger partial charge in [0.05, 0.1) is 5.75 Å². The van der Waals surface area contributed by atoms with Crippen molar-refractivity contribution in [2.45, 2.75) is 4.34 Å². The standard InChI is InChI=1S/C6H4F3NS2/c7-4(5(8)9)3-12-6-10-1-2-11-6/h1-2H,3H2. The van der Waals surface area contributed by atoms with Gasteiger partial charge in [-0.3, -0.25) is 0 Å². The van der Waals surface area contributed by atoms with Gasteiger partial charge in [-0.1, -0.05) is 11.8 Å². The Morgan fingerprint density at radius 1 is 1.50 bits per heavy atom. The highest BCUT2D eigenvalue weighted by atomic mass is 32.2. The molecule has 0 saturated carbocycles. The first kappa shape index (κ1) is 9.60. The number of aromatic nitrogens is 1. The number of hydrogen-bond donors (Lipinski definition) is 0. The quantitative estimate of drug-likeness (QED) is 0.711. The van der Waals surface area contributed by atoms with Gasteiger partial charge in [-0.15, -0.1) is 11.3 Å². The minimum Gasteiger partial charge on any atom is -0.238 e. The summed E-state index contributed by atoms with van der Waals surface area (Å²) >= 11 is 2.25. The second-order valence-electron chi connectivity index (χ2n) is 1.75. The average Bonchev–Trinajstić information content (AvgIpc) is 2.51. The predicted molar refractivity (Wildman–Crippen MR) is 43.2 cm³/mol. The molecule has 0 aromatic carbocycles. The SMILES string of the molecule is FC(F)=C(F)CSc1nccs1. The molecule has 1 aromatic rings. The minimum absolute atomic E-state index is 0.351. The molecular weight excluding hydrogens is 207 g/mol. The van der Waals surface area contributed by atoms with Gasteiger partial charge >= 0.3 is 6.08 Å². The maximum Gasteiger partial charge on any atom is 0.302 e. The zero-order chi connectivity index (χ0) is 8.97. The molecule has 0 unspecified atom stereocenters. The Morgan fingerprint density at radius 3 is 2.75 bits per heavy atom. The summed E-state index contributed by atoms with van der Waals surface area (Å²) in [6.07, 6.45) is -0.709. The van der Waals surface area contributed by atoms with E-state index >= 15 is 0 Å². The summed E-state index contributed by atoms with van der Waals surface area (Å²) in [6.45, 7) is 0. The summed E-state index contributed by atoms with van der Waals surface area (Å²) in [7, 11) is 0. The van der Waals surface area contributed by atoms with E-state index in [1.807, 2.05) is 0 Å². The van der Waals surface area contributed by atoms with Gasteiger partial charge in [0.2, 0.25) is 0 Å². The van der Waals surface area contributed by atoms with Crippen molar-refractivity contribution in [2.75, 3.05) is 5.75 Å². The third kappa shape index (κ3) is 2.86. The summed E-state index contributed by atoms with van der Waals surface area (Å²) in [4.78, 5) is 3.79. The van der Waals surface area contributed by atoms with E-state index in [4.69, 9.17) is 0 Å². The molecule has 0 saturated heterocycles. The van der Waals surface area contributed by atoms with Crippen molar-refractivity contribution in [1.29, 1.82) is 0 Å². The molecule has 1 nitrogen and oxygen atoms in total. The molecule has 1 rings (SSSR count). The Bertz CT molecular complexity index is 266. The number of halogens is 3. The highest BCUT2D eigenvalue weighted by Gasteiger charge is 2.06. The zero-order valence-corrected chi connectivity index (χ0v) is 7.39. The lowest BCUT2D eigenvalue weighted by molar-refractivity contribution is 0.381. The molecular formula is C6H4F3NS2. The van der Waals surface area contributed by atoms with Crippen LogP contribution in [-0.4, -0.2) is 10.7 Å². The molecule has 1 aromatic heterocycles. The van der Waals surface area contributed by atoms with Crippen molar-refractivity contribution >= 4 is 23.1 Å². The molecule has 0 aliphatic rings. The molecule has 0 bridgehead atoms. The second-order valence-corrected chi connectivity index (χ2v) is 3.87. The van der Waals surface area contributed by atoms with E-state index in [9.17, 15) is 13.2 Å². The minimum atomic E-state index is -2.25. The summed E-state index contributed by atoms with van der Waals surface area (Å²) in [5, 5.41) is 1.70. The lowest BCUT2D eigenvalue weighted by Gasteiger charge is -1.92. The first-order chi connectivity index (χ1) is 5.70. The van der Waals surface area contributed by atoms with E-state index in [1.165, 1.54) is 11.3 Å². The van der Waals surface area contributed by atoms with Crippen LogP contribution in [0.5, 0.6) is 0 Å². The third-order valence-electron chi connectivity index (χ3n) is 0.937. The maximum atomic E-state index is 12.2. The Morgan fingerprint density at radius 2 is 2.25 bits per heavy atom. The number of thiazole rings is 1. The van der Waals surface area contributed by atoms with Crippen molar-refractivity contribution in [3.63, 3.8) is 0 Å². The molecule has 6 heteroatoms. The van der Waals surface area contributed by atoms with E-state index in [1.54, 1.807) is 11.6 Å². The van der Waals surface area contributed by atoms with E-state index in [2.05, 4.69) is 4.98 Å². The van der Waals surface area contributed by atoms with Crippen LogP contribution in [0.1, 0.15) is 0 Å². The molecule has 0 amide bonds. The van der Waals surface area contributed by atoms with E-state index in [-0.39, 0.29) is 5.75 Å². The summed E-state index contributed by atoms with van der Waals surface area (Å²) in [5.41, 5.74) is 0. The Balaban J connectivity index is 2.42. The van der Waals surface area contributed by atoms with Gasteiger partial charge in [0.15, 0.2) is 5.83 Å². The van der Waals surface area contributed by atoms with Gasteiger partial charge in [-0.2, -0.15) is 8.78 Å². The smallest absolute Gasteiger partial charge is 0.238 e. The molecule has 0 atom stereocenters. The van der Waals surface area contributed by atoms with Crippen molar-refractivity contribution < 1.29 is 13.2 Å². The van der Waals surface area contributed by atoms with Crippen LogP contribution in [-0.2, 0) is 0 Å². The van der Waals surface area contributed by atoms with Gasteiger partial charge in [-0.05, 0) is 0 Å². The maximum absolute atomic E-state index is 12.2. The fourth-order valence-corrected chi connectivity index (χ4v) is 1.93. The highest BCUT2D eigenvalue weighted by molar-refractivity contribution is 8.01. The topological polar surface area (TPSA) is 12.9 Å². The van der Waals surface area contributed by atoms with Crippen molar-refractivity contribution in [1.82, 2.24) is 4.98 Å². The monoisotopic (exact) mass is 211 g/mol. The van der Waals surface area contributed by atoms with Gasteiger partial charge in [-0.25, -0.2) is 9.37 Å². The molecule has 0 fully saturated rings.